The summed E-state index contributed by atoms with van der Waals surface area (Å²) in [6.07, 6.45) is -1.26. The molecule has 0 saturated heterocycles. The van der Waals surface area contributed by atoms with Crippen LogP contribution in [0.3, 0.4) is 0 Å². The first kappa shape index (κ1) is 9.25. The molecule has 2 unspecified atom stereocenters. The lowest BCUT2D eigenvalue weighted by atomic mass is 9.96. The number of benzene rings is 1. The number of aliphatic hydroxyl groups is 1. The molecule has 1 rings (SSSR count). The zero-order valence-electron chi connectivity index (χ0n) is 6.88. The number of nitriles is 2. The van der Waals surface area contributed by atoms with Crippen LogP contribution in [0.1, 0.15) is 11.5 Å². The molecular weight excluding hydrogens is 164 g/mol. The lowest BCUT2D eigenvalue weighted by Gasteiger charge is -2.09. The fourth-order valence-electron chi connectivity index (χ4n) is 1.06. The zero-order valence-corrected chi connectivity index (χ0v) is 6.88. The van der Waals surface area contributed by atoms with E-state index in [2.05, 4.69) is 0 Å². The van der Waals surface area contributed by atoms with Gasteiger partial charge in [0.2, 0.25) is 0 Å². The van der Waals surface area contributed by atoms with E-state index in [4.69, 9.17) is 10.5 Å². The Labute approximate surface area is 76.5 Å². The van der Waals surface area contributed by atoms with Gasteiger partial charge in [0.25, 0.3) is 0 Å². The highest BCUT2D eigenvalue weighted by Crippen LogP contribution is 2.17. The molecule has 3 heteroatoms. The van der Waals surface area contributed by atoms with Crippen LogP contribution in [0.4, 0.5) is 0 Å². The molecule has 0 saturated carbocycles. The monoisotopic (exact) mass is 172 g/mol. The highest BCUT2D eigenvalue weighted by Gasteiger charge is 2.19. The number of aliphatic hydroxyl groups excluding tert-OH is 1. The second-order valence-electron chi connectivity index (χ2n) is 2.59. The summed E-state index contributed by atoms with van der Waals surface area (Å²) in [5.74, 6) is -0.758. The van der Waals surface area contributed by atoms with Gasteiger partial charge in [-0.2, -0.15) is 10.5 Å². The minimum absolute atomic E-state index is 0.666. The molecule has 0 aliphatic heterocycles. The third kappa shape index (κ3) is 2.05. The van der Waals surface area contributed by atoms with Crippen molar-refractivity contribution < 1.29 is 5.11 Å². The summed E-state index contributed by atoms with van der Waals surface area (Å²) in [6.45, 7) is 0. The first-order valence-electron chi connectivity index (χ1n) is 3.82. The van der Waals surface area contributed by atoms with Crippen LogP contribution in [0.2, 0.25) is 0 Å². The van der Waals surface area contributed by atoms with Gasteiger partial charge in [-0.25, -0.2) is 0 Å². The summed E-state index contributed by atoms with van der Waals surface area (Å²) in [6, 6.07) is 12.3. The van der Waals surface area contributed by atoms with Crippen molar-refractivity contribution in [2.24, 2.45) is 0 Å². The van der Waals surface area contributed by atoms with Gasteiger partial charge in [0.05, 0.1) is 12.1 Å². The predicted molar refractivity (Wildman–Crippen MR) is 46.4 cm³/mol. The van der Waals surface area contributed by atoms with Crippen LogP contribution in [-0.2, 0) is 0 Å². The van der Waals surface area contributed by atoms with Gasteiger partial charge in [0, 0.05) is 0 Å². The lowest BCUT2D eigenvalue weighted by Crippen LogP contribution is -2.14. The van der Waals surface area contributed by atoms with Crippen LogP contribution in [0.25, 0.3) is 0 Å². The van der Waals surface area contributed by atoms with Gasteiger partial charge in [0.15, 0.2) is 6.10 Å². The Balaban J connectivity index is 2.95. The topological polar surface area (TPSA) is 67.8 Å². The first-order chi connectivity index (χ1) is 6.29. The molecular formula is C10H8N2O. The predicted octanol–water partition coefficient (Wildman–Crippen LogP) is 1.18. The van der Waals surface area contributed by atoms with Gasteiger partial charge in [-0.1, -0.05) is 30.3 Å². The molecule has 0 radical (unpaired) electrons. The van der Waals surface area contributed by atoms with Crippen molar-refractivity contribution >= 4 is 0 Å². The second-order valence-corrected chi connectivity index (χ2v) is 2.59. The van der Waals surface area contributed by atoms with Gasteiger partial charge >= 0.3 is 0 Å². The summed E-state index contributed by atoms with van der Waals surface area (Å²) >= 11 is 0. The summed E-state index contributed by atoms with van der Waals surface area (Å²) in [7, 11) is 0. The minimum Gasteiger partial charge on any atom is -0.376 e. The van der Waals surface area contributed by atoms with Crippen molar-refractivity contribution in [3.05, 3.63) is 35.9 Å². The maximum absolute atomic E-state index is 9.19. The van der Waals surface area contributed by atoms with E-state index in [1.165, 1.54) is 0 Å². The van der Waals surface area contributed by atoms with Crippen LogP contribution < -0.4 is 0 Å². The van der Waals surface area contributed by atoms with E-state index in [-0.39, 0.29) is 0 Å². The molecule has 0 spiro atoms. The van der Waals surface area contributed by atoms with E-state index >= 15 is 0 Å². The second kappa shape index (κ2) is 4.25. The third-order valence-electron chi connectivity index (χ3n) is 1.75. The number of nitrogens with zero attached hydrogens (tertiary/aromatic N) is 2. The third-order valence-corrected chi connectivity index (χ3v) is 1.75. The molecule has 0 aliphatic rings. The molecule has 0 aromatic heterocycles. The van der Waals surface area contributed by atoms with Crippen LogP contribution in [-0.4, -0.2) is 11.2 Å². The summed E-state index contributed by atoms with van der Waals surface area (Å²) in [5, 5.41) is 26.4. The van der Waals surface area contributed by atoms with Crippen LogP contribution in [0.15, 0.2) is 30.3 Å². The molecule has 64 valence electrons. The maximum Gasteiger partial charge on any atom is 0.160 e. The molecule has 2 atom stereocenters. The standard InChI is InChI=1S/C10H8N2O/c11-6-9(10(13)7-12)8-4-2-1-3-5-8/h1-5,9-10,13H. The molecule has 0 heterocycles. The highest BCUT2D eigenvalue weighted by molar-refractivity contribution is 5.28. The van der Waals surface area contributed by atoms with Crippen LogP contribution in [0.5, 0.6) is 0 Å². The molecule has 13 heavy (non-hydrogen) atoms. The van der Waals surface area contributed by atoms with Crippen molar-refractivity contribution in [1.82, 2.24) is 0 Å². The van der Waals surface area contributed by atoms with Gasteiger partial charge < -0.3 is 5.11 Å². The van der Waals surface area contributed by atoms with Gasteiger partial charge in [-0.05, 0) is 5.56 Å². The van der Waals surface area contributed by atoms with E-state index < -0.39 is 12.0 Å². The van der Waals surface area contributed by atoms with Gasteiger partial charge in [0.1, 0.15) is 5.92 Å². The normalized spacial score (nSPS) is 13.8. The van der Waals surface area contributed by atoms with E-state index in [0.717, 1.165) is 0 Å². The van der Waals surface area contributed by atoms with Crippen molar-refractivity contribution in [1.29, 1.82) is 10.5 Å². The van der Waals surface area contributed by atoms with Crippen LogP contribution in [0, 0.1) is 22.7 Å². The summed E-state index contributed by atoms with van der Waals surface area (Å²) in [4.78, 5) is 0. The van der Waals surface area contributed by atoms with Gasteiger partial charge in [-0.3, -0.25) is 0 Å². The fourth-order valence-corrected chi connectivity index (χ4v) is 1.06. The molecule has 1 aromatic rings. The van der Waals surface area contributed by atoms with Crippen molar-refractivity contribution in [3.63, 3.8) is 0 Å². The van der Waals surface area contributed by atoms with Crippen molar-refractivity contribution in [2.75, 3.05) is 0 Å². The first-order valence-corrected chi connectivity index (χ1v) is 3.82. The van der Waals surface area contributed by atoms with Crippen molar-refractivity contribution in [2.45, 2.75) is 12.0 Å². The number of hydrogen-bond acceptors (Lipinski definition) is 3. The summed E-state index contributed by atoms with van der Waals surface area (Å²) in [5.41, 5.74) is 0.666. The maximum atomic E-state index is 9.19. The zero-order chi connectivity index (χ0) is 9.68. The van der Waals surface area contributed by atoms with Crippen molar-refractivity contribution in [3.8, 4) is 12.1 Å². The Morgan fingerprint density at radius 3 is 2.15 bits per heavy atom. The Morgan fingerprint density at radius 2 is 1.69 bits per heavy atom. The van der Waals surface area contributed by atoms with E-state index in [9.17, 15) is 5.11 Å². The Morgan fingerprint density at radius 1 is 1.08 bits per heavy atom. The quantitative estimate of drug-likeness (QED) is 0.681. The smallest absolute Gasteiger partial charge is 0.160 e. The van der Waals surface area contributed by atoms with Crippen LogP contribution >= 0.6 is 0 Å². The lowest BCUT2D eigenvalue weighted by molar-refractivity contribution is 0.217. The van der Waals surface area contributed by atoms with Gasteiger partial charge in [-0.15, -0.1) is 0 Å². The SMILES string of the molecule is N#CC(O)C(C#N)c1ccccc1. The number of hydrogen-bond donors (Lipinski definition) is 1. The average Bonchev–Trinajstić information content (AvgIpc) is 2.20. The molecule has 0 aliphatic carbocycles. The average molecular weight is 172 g/mol. The van der Waals surface area contributed by atoms with E-state index in [1.54, 1.807) is 30.3 Å². The van der Waals surface area contributed by atoms with E-state index in [1.807, 2.05) is 12.1 Å². The fraction of sp³-hybridized carbons (Fsp3) is 0.200. The summed E-state index contributed by atoms with van der Waals surface area (Å²) < 4.78 is 0. The number of rotatable bonds is 2. The highest BCUT2D eigenvalue weighted by atomic mass is 16.3. The molecule has 3 nitrogen and oxygen atoms in total. The molecule has 0 amide bonds. The van der Waals surface area contributed by atoms with E-state index in [0.29, 0.717) is 5.56 Å². The Kier molecular flexibility index (Phi) is 3.03. The largest absolute Gasteiger partial charge is 0.376 e. The Hall–Kier alpha value is -1.84. The molecule has 0 bridgehead atoms. The minimum atomic E-state index is -1.26. The molecule has 1 aromatic carbocycles. The molecule has 1 N–H and O–H groups in total. The molecule has 0 fully saturated rings. The Bertz CT molecular complexity index is 347.